The fourth-order valence-electron chi connectivity index (χ4n) is 2.91. The Hall–Kier alpha value is -2.04. The molecule has 0 saturated carbocycles. The Labute approximate surface area is 134 Å². The predicted octanol–water partition coefficient (Wildman–Crippen LogP) is 3.46. The fourth-order valence-corrected chi connectivity index (χ4v) is 3.80. The van der Waals surface area contributed by atoms with Crippen LogP contribution < -0.4 is 5.32 Å². The van der Waals surface area contributed by atoms with E-state index in [1.807, 2.05) is 41.8 Å². The van der Waals surface area contributed by atoms with E-state index < -0.39 is 0 Å². The first-order chi connectivity index (χ1) is 10.9. The van der Waals surface area contributed by atoms with Crippen LogP contribution in [0.3, 0.4) is 0 Å². The molecule has 0 radical (unpaired) electrons. The fraction of sp³-hybridized carbons (Fsp3) is 0.222. The third-order valence-electron chi connectivity index (χ3n) is 4.11. The van der Waals surface area contributed by atoms with E-state index >= 15 is 0 Å². The highest BCUT2D eigenvalue weighted by atomic mass is 32.1. The first kappa shape index (κ1) is 13.6. The Kier molecular flexibility index (Phi) is 3.70. The van der Waals surface area contributed by atoms with Crippen molar-refractivity contribution in [3.05, 3.63) is 70.2 Å². The quantitative estimate of drug-likeness (QED) is 0.802. The average Bonchev–Trinajstić information content (AvgIpc) is 3.16. The van der Waals surface area contributed by atoms with E-state index in [2.05, 4.69) is 32.1 Å². The summed E-state index contributed by atoms with van der Waals surface area (Å²) < 4.78 is 0. The molecule has 1 aliphatic rings. The first-order valence-corrected chi connectivity index (χ1v) is 8.46. The van der Waals surface area contributed by atoms with Crippen molar-refractivity contribution in [3.63, 3.8) is 0 Å². The molecule has 110 valence electrons. The minimum atomic E-state index is 0.564. The van der Waals surface area contributed by atoms with Gasteiger partial charge in [0, 0.05) is 25.0 Å². The average molecular weight is 307 g/mol. The lowest BCUT2D eigenvalue weighted by atomic mass is 10.2. The van der Waals surface area contributed by atoms with Gasteiger partial charge in [-0.3, -0.25) is 9.97 Å². The van der Waals surface area contributed by atoms with Crippen LogP contribution in [0.1, 0.15) is 16.7 Å². The van der Waals surface area contributed by atoms with Crippen molar-refractivity contribution in [1.29, 1.82) is 0 Å². The maximum Gasteiger partial charge on any atom is 0.0886 e. The van der Waals surface area contributed by atoms with Gasteiger partial charge in [0.25, 0.3) is 0 Å². The van der Waals surface area contributed by atoms with Gasteiger partial charge in [-0.1, -0.05) is 12.1 Å². The highest BCUT2D eigenvalue weighted by molar-refractivity contribution is 7.08. The summed E-state index contributed by atoms with van der Waals surface area (Å²) in [6, 6.07) is 10.6. The molecule has 1 aliphatic carbocycles. The molecule has 0 fully saturated rings. The molecule has 0 amide bonds. The van der Waals surface area contributed by atoms with Crippen LogP contribution in [-0.4, -0.2) is 16.0 Å². The topological polar surface area (TPSA) is 37.8 Å². The lowest BCUT2D eigenvalue weighted by Gasteiger charge is -2.12. The molecule has 0 aromatic carbocycles. The van der Waals surface area contributed by atoms with E-state index in [4.69, 9.17) is 0 Å². The standard InChI is InChI=1S/C18H17N3S/c1-2-6-19-17(3-1)18-5-4-13(10-21-18)9-20-16-7-14-11-22-12-15(14)8-16/h1-6,10-12,16,20H,7-9H2. The number of hydrogen-bond acceptors (Lipinski definition) is 4. The maximum atomic E-state index is 4.52. The summed E-state index contributed by atoms with van der Waals surface area (Å²) in [4.78, 5) is 8.85. The highest BCUT2D eigenvalue weighted by Crippen LogP contribution is 2.25. The Morgan fingerprint density at radius 3 is 2.50 bits per heavy atom. The molecule has 0 aliphatic heterocycles. The van der Waals surface area contributed by atoms with Crippen molar-refractivity contribution in [2.75, 3.05) is 0 Å². The van der Waals surface area contributed by atoms with E-state index in [-0.39, 0.29) is 0 Å². The van der Waals surface area contributed by atoms with Gasteiger partial charge in [-0.15, -0.1) is 0 Å². The van der Waals surface area contributed by atoms with Crippen LogP contribution in [0, 0.1) is 0 Å². The number of hydrogen-bond donors (Lipinski definition) is 1. The van der Waals surface area contributed by atoms with Crippen LogP contribution in [0.25, 0.3) is 11.4 Å². The summed E-state index contributed by atoms with van der Waals surface area (Å²) in [7, 11) is 0. The summed E-state index contributed by atoms with van der Waals surface area (Å²) in [6.45, 7) is 0.869. The Balaban J connectivity index is 1.37. The second-order valence-corrected chi connectivity index (χ2v) is 6.42. The van der Waals surface area contributed by atoms with Gasteiger partial charge in [-0.05, 0) is 58.5 Å². The molecular weight excluding hydrogens is 290 g/mol. The van der Waals surface area contributed by atoms with Gasteiger partial charge in [-0.2, -0.15) is 11.3 Å². The molecule has 3 aromatic rings. The third-order valence-corrected chi connectivity index (χ3v) is 4.95. The van der Waals surface area contributed by atoms with Gasteiger partial charge in [0.2, 0.25) is 0 Å². The van der Waals surface area contributed by atoms with Crippen LogP contribution in [-0.2, 0) is 19.4 Å². The SMILES string of the molecule is c1ccc(-c2ccc(CNC3Cc4cscc4C3)cn2)nc1. The lowest BCUT2D eigenvalue weighted by molar-refractivity contribution is 0.532. The summed E-state index contributed by atoms with van der Waals surface area (Å²) >= 11 is 1.81. The molecule has 4 rings (SSSR count). The second kappa shape index (κ2) is 5.99. The zero-order valence-electron chi connectivity index (χ0n) is 12.2. The number of pyridine rings is 2. The number of aromatic nitrogens is 2. The van der Waals surface area contributed by atoms with E-state index in [9.17, 15) is 0 Å². The van der Waals surface area contributed by atoms with Crippen molar-refractivity contribution in [3.8, 4) is 11.4 Å². The molecule has 0 spiro atoms. The molecule has 0 atom stereocenters. The van der Waals surface area contributed by atoms with Gasteiger partial charge in [0.1, 0.15) is 0 Å². The molecule has 0 bridgehead atoms. The van der Waals surface area contributed by atoms with Crippen molar-refractivity contribution >= 4 is 11.3 Å². The van der Waals surface area contributed by atoms with Crippen molar-refractivity contribution < 1.29 is 0 Å². The molecule has 3 aromatic heterocycles. The molecule has 22 heavy (non-hydrogen) atoms. The summed E-state index contributed by atoms with van der Waals surface area (Å²) in [5.74, 6) is 0. The van der Waals surface area contributed by atoms with Gasteiger partial charge in [0.15, 0.2) is 0 Å². The Morgan fingerprint density at radius 1 is 1.00 bits per heavy atom. The lowest BCUT2D eigenvalue weighted by Crippen LogP contribution is -2.29. The minimum Gasteiger partial charge on any atom is -0.309 e. The smallest absolute Gasteiger partial charge is 0.0886 e. The van der Waals surface area contributed by atoms with Crippen molar-refractivity contribution in [2.24, 2.45) is 0 Å². The van der Waals surface area contributed by atoms with Crippen LogP contribution in [0.2, 0.25) is 0 Å². The molecule has 0 unspecified atom stereocenters. The van der Waals surface area contributed by atoms with Gasteiger partial charge in [-0.25, -0.2) is 0 Å². The molecule has 3 nitrogen and oxygen atoms in total. The number of fused-ring (bicyclic) bond motifs is 1. The van der Waals surface area contributed by atoms with E-state index in [1.54, 1.807) is 6.20 Å². The normalized spacial score (nSPS) is 14.2. The number of rotatable bonds is 4. The van der Waals surface area contributed by atoms with E-state index in [0.717, 1.165) is 30.8 Å². The van der Waals surface area contributed by atoms with Crippen LogP contribution in [0.4, 0.5) is 0 Å². The summed E-state index contributed by atoms with van der Waals surface area (Å²) in [5, 5.41) is 8.20. The van der Waals surface area contributed by atoms with Crippen LogP contribution in [0.5, 0.6) is 0 Å². The molecule has 3 heterocycles. The zero-order valence-corrected chi connectivity index (χ0v) is 13.0. The second-order valence-electron chi connectivity index (χ2n) is 5.67. The number of thiophene rings is 1. The van der Waals surface area contributed by atoms with Crippen LogP contribution in [0.15, 0.2) is 53.5 Å². The Bertz CT molecular complexity index is 729. The van der Waals surface area contributed by atoms with Crippen molar-refractivity contribution in [2.45, 2.75) is 25.4 Å². The number of nitrogens with zero attached hydrogens (tertiary/aromatic N) is 2. The van der Waals surface area contributed by atoms with Crippen LogP contribution >= 0.6 is 11.3 Å². The van der Waals surface area contributed by atoms with Gasteiger partial charge in [0.05, 0.1) is 11.4 Å². The van der Waals surface area contributed by atoms with Gasteiger partial charge < -0.3 is 5.32 Å². The van der Waals surface area contributed by atoms with E-state index in [0.29, 0.717) is 6.04 Å². The van der Waals surface area contributed by atoms with Gasteiger partial charge >= 0.3 is 0 Å². The number of nitrogens with one attached hydrogen (secondary N) is 1. The zero-order chi connectivity index (χ0) is 14.8. The largest absolute Gasteiger partial charge is 0.309 e. The monoisotopic (exact) mass is 307 g/mol. The maximum absolute atomic E-state index is 4.52. The Morgan fingerprint density at radius 2 is 1.82 bits per heavy atom. The van der Waals surface area contributed by atoms with E-state index in [1.165, 1.54) is 16.7 Å². The summed E-state index contributed by atoms with van der Waals surface area (Å²) in [6.07, 6.45) is 6.04. The highest BCUT2D eigenvalue weighted by Gasteiger charge is 2.21. The summed E-state index contributed by atoms with van der Waals surface area (Å²) in [5.41, 5.74) is 6.10. The molecule has 1 N–H and O–H groups in total. The predicted molar refractivity (Wildman–Crippen MR) is 89.8 cm³/mol. The third kappa shape index (κ3) is 2.80. The molecule has 0 saturated heterocycles. The van der Waals surface area contributed by atoms with Crippen molar-refractivity contribution in [1.82, 2.24) is 15.3 Å². The molecule has 4 heteroatoms. The first-order valence-electron chi connectivity index (χ1n) is 7.52. The molecular formula is C18H17N3S. The minimum absolute atomic E-state index is 0.564.